The van der Waals surface area contributed by atoms with Crippen LogP contribution in [0.1, 0.15) is 35.2 Å². The number of ether oxygens (including phenoxy) is 2. The highest BCUT2D eigenvalue weighted by Gasteiger charge is 2.46. The number of hydrogen-bond acceptors (Lipinski definition) is 6. The van der Waals surface area contributed by atoms with Gasteiger partial charge in [0.25, 0.3) is 11.7 Å². The predicted molar refractivity (Wildman–Crippen MR) is 137 cm³/mol. The van der Waals surface area contributed by atoms with Crippen LogP contribution in [-0.2, 0) is 16.1 Å². The van der Waals surface area contributed by atoms with E-state index in [0.29, 0.717) is 35.8 Å². The number of likely N-dealkylation sites (tertiary alicyclic amines) is 1. The minimum absolute atomic E-state index is 0.0279. The van der Waals surface area contributed by atoms with Gasteiger partial charge in [-0.25, -0.2) is 0 Å². The average Bonchev–Trinajstić information content (AvgIpc) is 3.13. The summed E-state index contributed by atoms with van der Waals surface area (Å²) in [5.74, 6) is -0.653. The molecule has 184 valence electrons. The SMILES string of the molecule is C=CCOc1ccc(C2C(=C(O)c3ccc(C)cc3)C(=O)C(=O)N2Cc2ccncc2)cc1OCC. The maximum atomic E-state index is 13.3. The highest BCUT2D eigenvalue weighted by Crippen LogP contribution is 2.42. The number of nitrogens with zero attached hydrogens (tertiary/aromatic N) is 2. The van der Waals surface area contributed by atoms with Gasteiger partial charge in [0, 0.05) is 24.5 Å². The molecule has 1 unspecified atom stereocenters. The van der Waals surface area contributed by atoms with E-state index in [1.807, 2.05) is 26.0 Å². The number of carbonyl (C=O) groups excluding carboxylic acids is 2. The van der Waals surface area contributed by atoms with E-state index in [2.05, 4.69) is 11.6 Å². The van der Waals surface area contributed by atoms with E-state index in [9.17, 15) is 14.7 Å². The molecule has 2 aromatic carbocycles. The number of carbonyl (C=O) groups is 2. The zero-order chi connectivity index (χ0) is 25.7. The summed E-state index contributed by atoms with van der Waals surface area (Å²) >= 11 is 0. The Balaban J connectivity index is 1.87. The third-order valence-electron chi connectivity index (χ3n) is 5.91. The molecule has 1 N–H and O–H groups in total. The first-order valence-corrected chi connectivity index (χ1v) is 11.7. The quantitative estimate of drug-likeness (QED) is 0.200. The Kier molecular flexibility index (Phi) is 7.49. The zero-order valence-corrected chi connectivity index (χ0v) is 20.3. The van der Waals surface area contributed by atoms with Crippen LogP contribution in [0.5, 0.6) is 11.5 Å². The van der Waals surface area contributed by atoms with E-state index in [-0.39, 0.29) is 17.9 Å². The van der Waals surface area contributed by atoms with E-state index >= 15 is 0 Å². The molecule has 0 bridgehead atoms. The van der Waals surface area contributed by atoms with E-state index in [1.165, 1.54) is 4.90 Å². The minimum Gasteiger partial charge on any atom is -0.507 e. The van der Waals surface area contributed by atoms with Gasteiger partial charge in [-0.15, -0.1) is 0 Å². The Morgan fingerprint density at radius 1 is 1.06 bits per heavy atom. The number of ketones is 1. The van der Waals surface area contributed by atoms with Crippen molar-refractivity contribution in [3.8, 4) is 11.5 Å². The summed E-state index contributed by atoms with van der Waals surface area (Å²) in [6, 6.07) is 15.2. The molecule has 1 aliphatic heterocycles. The third-order valence-corrected chi connectivity index (χ3v) is 5.91. The lowest BCUT2D eigenvalue weighted by Crippen LogP contribution is -2.29. The summed E-state index contributed by atoms with van der Waals surface area (Å²) in [6.07, 6.45) is 4.90. The fraction of sp³-hybridized carbons (Fsp3) is 0.207. The second kappa shape index (κ2) is 10.9. The fourth-order valence-corrected chi connectivity index (χ4v) is 4.17. The largest absolute Gasteiger partial charge is 0.507 e. The van der Waals surface area contributed by atoms with Crippen LogP contribution >= 0.6 is 0 Å². The Morgan fingerprint density at radius 3 is 2.44 bits per heavy atom. The number of aliphatic hydroxyl groups excluding tert-OH is 1. The normalized spacial score (nSPS) is 16.7. The first-order valence-electron chi connectivity index (χ1n) is 11.7. The number of hydrogen-bond donors (Lipinski definition) is 1. The summed E-state index contributed by atoms with van der Waals surface area (Å²) in [7, 11) is 0. The topological polar surface area (TPSA) is 89.0 Å². The van der Waals surface area contributed by atoms with Crippen LogP contribution in [0.25, 0.3) is 5.76 Å². The standard InChI is InChI=1S/C29H28N2O5/c1-4-16-36-23-11-10-22(17-24(23)35-5-2)26-25(27(32)21-8-6-19(3)7-9-21)28(33)29(34)31(26)18-20-12-14-30-15-13-20/h4,6-15,17,26,32H,1,5,16,18H2,2-3H3. The second-order valence-corrected chi connectivity index (χ2v) is 8.39. The molecule has 1 atom stereocenters. The monoisotopic (exact) mass is 484 g/mol. The lowest BCUT2D eigenvalue weighted by molar-refractivity contribution is -0.140. The molecule has 1 aliphatic rings. The van der Waals surface area contributed by atoms with Crippen LogP contribution in [0, 0.1) is 6.92 Å². The number of aromatic nitrogens is 1. The van der Waals surface area contributed by atoms with Crippen molar-refractivity contribution in [3.63, 3.8) is 0 Å². The van der Waals surface area contributed by atoms with Crippen molar-refractivity contribution in [1.82, 2.24) is 9.88 Å². The lowest BCUT2D eigenvalue weighted by Gasteiger charge is -2.26. The van der Waals surface area contributed by atoms with Crippen molar-refractivity contribution in [2.24, 2.45) is 0 Å². The average molecular weight is 485 g/mol. The van der Waals surface area contributed by atoms with Crippen LogP contribution in [-0.4, -0.2) is 39.9 Å². The molecule has 1 amide bonds. The first-order chi connectivity index (χ1) is 17.4. The third kappa shape index (κ3) is 5.00. The van der Waals surface area contributed by atoms with E-state index in [1.54, 1.807) is 60.9 Å². The Hall–Kier alpha value is -4.39. The number of rotatable bonds is 9. The van der Waals surface area contributed by atoms with E-state index in [0.717, 1.165) is 11.1 Å². The minimum atomic E-state index is -0.827. The van der Waals surface area contributed by atoms with Crippen LogP contribution in [0.3, 0.4) is 0 Å². The molecular formula is C29H28N2O5. The van der Waals surface area contributed by atoms with E-state index in [4.69, 9.17) is 9.47 Å². The predicted octanol–water partition coefficient (Wildman–Crippen LogP) is 4.98. The highest BCUT2D eigenvalue weighted by molar-refractivity contribution is 6.46. The zero-order valence-electron chi connectivity index (χ0n) is 20.3. The second-order valence-electron chi connectivity index (χ2n) is 8.39. The molecule has 4 rings (SSSR count). The summed E-state index contributed by atoms with van der Waals surface area (Å²) in [6.45, 7) is 8.33. The molecule has 36 heavy (non-hydrogen) atoms. The molecule has 3 aromatic rings. The maximum Gasteiger partial charge on any atom is 0.295 e. The Morgan fingerprint density at radius 2 is 1.78 bits per heavy atom. The van der Waals surface area contributed by atoms with Gasteiger partial charge in [0.15, 0.2) is 11.5 Å². The summed E-state index contributed by atoms with van der Waals surface area (Å²) < 4.78 is 11.5. The Bertz CT molecular complexity index is 1300. The summed E-state index contributed by atoms with van der Waals surface area (Å²) in [5.41, 5.74) is 2.93. The first kappa shape index (κ1) is 24.7. The molecule has 0 saturated carbocycles. The maximum absolute atomic E-state index is 13.3. The molecule has 0 spiro atoms. The number of aryl methyl sites for hydroxylation is 1. The van der Waals surface area contributed by atoms with Crippen molar-refractivity contribution >= 4 is 17.4 Å². The number of pyridine rings is 1. The molecule has 7 heteroatoms. The molecule has 1 fully saturated rings. The molecule has 0 aliphatic carbocycles. The highest BCUT2D eigenvalue weighted by atomic mass is 16.5. The van der Waals surface area contributed by atoms with Gasteiger partial charge >= 0.3 is 0 Å². The van der Waals surface area contributed by atoms with Gasteiger partial charge in [-0.2, -0.15) is 0 Å². The lowest BCUT2D eigenvalue weighted by atomic mass is 9.94. The van der Waals surface area contributed by atoms with Crippen molar-refractivity contribution in [2.45, 2.75) is 26.4 Å². The number of aliphatic hydroxyl groups is 1. The molecule has 0 radical (unpaired) electrons. The van der Waals surface area contributed by atoms with Gasteiger partial charge in [0.05, 0.1) is 18.2 Å². The number of Topliss-reactive ketones (excluding diaryl/α,β-unsaturated/α-hetero) is 1. The summed E-state index contributed by atoms with van der Waals surface area (Å²) in [4.78, 5) is 32.1. The van der Waals surface area contributed by atoms with Gasteiger partial charge in [0.2, 0.25) is 0 Å². The number of amides is 1. The van der Waals surface area contributed by atoms with E-state index < -0.39 is 17.7 Å². The molecular weight excluding hydrogens is 456 g/mol. The van der Waals surface area contributed by atoms with Gasteiger partial charge in [-0.1, -0.05) is 48.6 Å². The van der Waals surface area contributed by atoms with Crippen molar-refractivity contribution in [3.05, 3.63) is 107 Å². The van der Waals surface area contributed by atoms with Gasteiger partial charge in [0.1, 0.15) is 12.4 Å². The van der Waals surface area contributed by atoms with Crippen LogP contribution < -0.4 is 9.47 Å². The van der Waals surface area contributed by atoms with Crippen LogP contribution in [0.2, 0.25) is 0 Å². The molecule has 1 aromatic heterocycles. The van der Waals surface area contributed by atoms with Gasteiger partial charge in [-0.3, -0.25) is 14.6 Å². The van der Waals surface area contributed by atoms with Crippen LogP contribution in [0.4, 0.5) is 0 Å². The van der Waals surface area contributed by atoms with Gasteiger partial charge in [-0.05, 0) is 49.2 Å². The fourth-order valence-electron chi connectivity index (χ4n) is 4.17. The van der Waals surface area contributed by atoms with Crippen LogP contribution in [0.15, 0.2) is 85.2 Å². The van der Waals surface area contributed by atoms with Gasteiger partial charge < -0.3 is 19.5 Å². The Labute approximate surface area is 210 Å². The van der Waals surface area contributed by atoms with Crippen molar-refractivity contribution in [2.75, 3.05) is 13.2 Å². The number of benzene rings is 2. The molecule has 1 saturated heterocycles. The molecule has 7 nitrogen and oxygen atoms in total. The van der Waals surface area contributed by atoms with Crippen molar-refractivity contribution < 1.29 is 24.2 Å². The smallest absolute Gasteiger partial charge is 0.295 e. The van der Waals surface area contributed by atoms with Crippen molar-refractivity contribution in [1.29, 1.82) is 0 Å². The summed E-state index contributed by atoms with van der Waals surface area (Å²) in [5, 5.41) is 11.3. The molecule has 2 heterocycles.